The standard InChI is InChI=1S/C8H12O2/c1-6(9)10-8-4-2-7(8)3-5-8/h7H,2-5H2,1H3. The molecule has 0 aromatic carbocycles. The van der Waals surface area contributed by atoms with Crippen LogP contribution in [0.2, 0.25) is 0 Å². The number of ether oxygens (including phenoxy) is 1. The Balaban J connectivity index is 1.97. The van der Waals surface area contributed by atoms with Gasteiger partial charge in [0.25, 0.3) is 0 Å². The molecule has 2 fully saturated rings. The fourth-order valence-electron chi connectivity index (χ4n) is 2.08. The minimum Gasteiger partial charge on any atom is -0.459 e. The Morgan fingerprint density at radius 2 is 2.10 bits per heavy atom. The molecule has 0 unspecified atom stereocenters. The first-order valence-electron chi connectivity index (χ1n) is 3.92. The molecule has 0 N–H and O–H groups in total. The van der Waals surface area contributed by atoms with E-state index in [4.69, 9.17) is 4.74 Å². The molecule has 0 bridgehead atoms. The minimum atomic E-state index is -0.107. The van der Waals surface area contributed by atoms with Crippen LogP contribution >= 0.6 is 0 Å². The van der Waals surface area contributed by atoms with Crippen molar-refractivity contribution in [1.82, 2.24) is 0 Å². The van der Waals surface area contributed by atoms with E-state index in [1.807, 2.05) is 0 Å². The van der Waals surface area contributed by atoms with Crippen LogP contribution in [0.25, 0.3) is 0 Å². The van der Waals surface area contributed by atoms with Crippen molar-refractivity contribution in [3.63, 3.8) is 0 Å². The van der Waals surface area contributed by atoms with E-state index in [1.54, 1.807) is 0 Å². The van der Waals surface area contributed by atoms with Crippen LogP contribution in [0.5, 0.6) is 0 Å². The number of fused-ring (bicyclic) bond motifs is 1. The van der Waals surface area contributed by atoms with Gasteiger partial charge in [-0.15, -0.1) is 0 Å². The van der Waals surface area contributed by atoms with Gasteiger partial charge in [-0.2, -0.15) is 0 Å². The van der Waals surface area contributed by atoms with Crippen molar-refractivity contribution in [2.75, 3.05) is 0 Å². The van der Waals surface area contributed by atoms with Crippen molar-refractivity contribution in [3.8, 4) is 0 Å². The van der Waals surface area contributed by atoms with Gasteiger partial charge in [0, 0.05) is 6.92 Å². The van der Waals surface area contributed by atoms with Crippen LogP contribution in [-0.4, -0.2) is 11.6 Å². The number of carbonyl (C=O) groups excluding carboxylic acids is 1. The third-order valence-corrected chi connectivity index (χ3v) is 2.92. The first kappa shape index (κ1) is 6.20. The zero-order chi connectivity index (χ0) is 7.19. The molecule has 56 valence electrons. The predicted molar refractivity (Wildman–Crippen MR) is 36.5 cm³/mol. The molecule has 2 aliphatic carbocycles. The van der Waals surface area contributed by atoms with Gasteiger partial charge in [0.2, 0.25) is 0 Å². The zero-order valence-electron chi connectivity index (χ0n) is 6.22. The first-order chi connectivity index (χ1) is 4.73. The van der Waals surface area contributed by atoms with Crippen molar-refractivity contribution < 1.29 is 9.53 Å². The second-order valence-corrected chi connectivity index (χ2v) is 3.43. The molecule has 0 atom stereocenters. The second-order valence-electron chi connectivity index (χ2n) is 3.43. The van der Waals surface area contributed by atoms with Crippen LogP contribution in [0.15, 0.2) is 0 Å². The van der Waals surface area contributed by atoms with Gasteiger partial charge in [0.1, 0.15) is 5.60 Å². The average molecular weight is 140 g/mol. The maximum absolute atomic E-state index is 10.6. The Morgan fingerprint density at radius 1 is 1.50 bits per heavy atom. The molecular weight excluding hydrogens is 128 g/mol. The molecular formula is C8H12O2. The normalized spacial score (nSPS) is 42.7. The second kappa shape index (κ2) is 1.74. The minimum absolute atomic E-state index is 0.0336. The third kappa shape index (κ3) is 0.619. The van der Waals surface area contributed by atoms with Gasteiger partial charge in [0.05, 0.1) is 0 Å². The summed E-state index contributed by atoms with van der Waals surface area (Å²) in [4.78, 5) is 10.6. The van der Waals surface area contributed by atoms with Crippen LogP contribution in [-0.2, 0) is 9.53 Å². The molecule has 0 spiro atoms. The van der Waals surface area contributed by atoms with E-state index >= 15 is 0 Å². The highest BCUT2D eigenvalue weighted by molar-refractivity contribution is 5.67. The third-order valence-electron chi connectivity index (χ3n) is 2.92. The van der Waals surface area contributed by atoms with Gasteiger partial charge in [0.15, 0.2) is 0 Å². The van der Waals surface area contributed by atoms with E-state index in [1.165, 1.54) is 19.8 Å². The first-order valence-corrected chi connectivity index (χ1v) is 3.92. The molecule has 2 saturated carbocycles. The highest BCUT2D eigenvalue weighted by atomic mass is 16.6. The molecule has 0 aromatic heterocycles. The molecule has 0 saturated heterocycles. The van der Waals surface area contributed by atoms with Gasteiger partial charge >= 0.3 is 5.97 Å². The van der Waals surface area contributed by atoms with E-state index in [0.29, 0.717) is 0 Å². The predicted octanol–water partition coefficient (Wildman–Crippen LogP) is 1.49. The highest BCUT2D eigenvalue weighted by Crippen LogP contribution is 2.56. The molecule has 2 heteroatoms. The Labute approximate surface area is 60.6 Å². The Hall–Kier alpha value is -0.530. The maximum atomic E-state index is 10.6. The summed E-state index contributed by atoms with van der Waals surface area (Å²) in [7, 11) is 0. The molecule has 2 aliphatic rings. The summed E-state index contributed by atoms with van der Waals surface area (Å²) in [5, 5.41) is 0. The average Bonchev–Trinajstić information content (AvgIpc) is 1.85. The smallest absolute Gasteiger partial charge is 0.303 e. The van der Waals surface area contributed by atoms with Crippen molar-refractivity contribution in [3.05, 3.63) is 0 Å². The lowest BCUT2D eigenvalue weighted by molar-refractivity contribution is -0.209. The molecule has 0 aliphatic heterocycles. The van der Waals surface area contributed by atoms with E-state index < -0.39 is 0 Å². The van der Waals surface area contributed by atoms with Gasteiger partial charge < -0.3 is 4.74 Å². The summed E-state index contributed by atoms with van der Waals surface area (Å²) in [6.07, 6.45) is 4.76. The molecule has 10 heavy (non-hydrogen) atoms. The van der Waals surface area contributed by atoms with Gasteiger partial charge in [-0.25, -0.2) is 0 Å². The van der Waals surface area contributed by atoms with Crippen LogP contribution < -0.4 is 0 Å². The van der Waals surface area contributed by atoms with Crippen molar-refractivity contribution in [1.29, 1.82) is 0 Å². The largest absolute Gasteiger partial charge is 0.459 e. The van der Waals surface area contributed by atoms with Crippen LogP contribution in [0.4, 0.5) is 0 Å². The monoisotopic (exact) mass is 140 g/mol. The summed E-state index contributed by atoms with van der Waals surface area (Å²) >= 11 is 0. The lowest BCUT2D eigenvalue weighted by Gasteiger charge is -2.56. The van der Waals surface area contributed by atoms with Crippen molar-refractivity contribution >= 4 is 5.97 Å². The van der Waals surface area contributed by atoms with Crippen LogP contribution in [0, 0.1) is 5.92 Å². The summed E-state index contributed by atoms with van der Waals surface area (Å²) in [5.41, 5.74) is 0.0336. The van der Waals surface area contributed by atoms with Crippen molar-refractivity contribution in [2.45, 2.75) is 38.2 Å². The number of hydrogen-bond donors (Lipinski definition) is 0. The number of rotatable bonds is 1. The van der Waals surface area contributed by atoms with E-state index in [-0.39, 0.29) is 11.6 Å². The lowest BCUT2D eigenvalue weighted by Crippen LogP contribution is -2.57. The van der Waals surface area contributed by atoms with Gasteiger partial charge in [-0.3, -0.25) is 4.79 Å². The SMILES string of the molecule is CC(=O)OC12CCC1CC2. The van der Waals surface area contributed by atoms with E-state index in [9.17, 15) is 4.79 Å². The summed E-state index contributed by atoms with van der Waals surface area (Å²) in [6, 6.07) is 0. The molecule has 0 heterocycles. The Morgan fingerprint density at radius 3 is 2.20 bits per heavy atom. The van der Waals surface area contributed by atoms with Gasteiger partial charge in [-0.1, -0.05) is 0 Å². The van der Waals surface area contributed by atoms with Crippen LogP contribution in [0.1, 0.15) is 32.6 Å². The lowest BCUT2D eigenvalue weighted by atomic mass is 9.55. The highest BCUT2D eigenvalue weighted by Gasteiger charge is 2.56. The van der Waals surface area contributed by atoms with Crippen LogP contribution in [0.3, 0.4) is 0 Å². The summed E-state index contributed by atoms with van der Waals surface area (Å²) in [5.74, 6) is 0.612. The molecule has 0 amide bonds. The Bertz CT molecular complexity index is 166. The summed E-state index contributed by atoms with van der Waals surface area (Å²) in [6.45, 7) is 1.50. The zero-order valence-corrected chi connectivity index (χ0v) is 6.22. The topological polar surface area (TPSA) is 26.3 Å². The quantitative estimate of drug-likeness (QED) is 0.516. The fourth-order valence-corrected chi connectivity index (χ4v) is 2.08. The number of carbonyl (C=O) groups is 1. The molecule has 2 rings (SSSR count). The molecule has 0 radical (unpaired) electrons. The number of hydrogen-bond acceptors (Lipinski definition) is 2. The van der Waals surface area contributed by atoms with E-state index in [2.05, 4.69) is 0 Å². The van der Waals surface area contributed by atoms with E-state index in [0.717, 1.165) is 18.8 Å². The Kier molecular flexibility index (Phi) is 1.08. The maximum Gasteiger partial charge on any atom is 0.303 e. The summed E-state index contributed by atoms with van der Waals surface area (Å²) < 4.78 is 5.23. The molecule has 2 nitrogen and oxygen atoms in total. The fraction of sp³-hybridized carbons (Fsp3) is 0.875. The number of esters is 1. The van der Waals surface area contributed by atoms with Gasteiger partial charge in [-0.05, 0) is 31.6 Å². The molecule has 0 aromatic rings. The van der Waals surface area contributed by atoms with Crippen molar-refractivity contribution in [2.24, 2.45) is 5.92 Å².